The molecule has 0 bridgehead atoms. The van der Waals surface area contributed by atoms with Crippen molar-refractivity contribution >= 4 is 0 Å². The Hall–Kier alpha value is 0.843. The second kappa shape index (κ2) is 6.84. The first-order chi connectivity index (χ1) is 2.77. The van der Waals surface area contributed by atoms with Crippen molar-refractivity contribution in [2.45, 2.75) is 6.42 Å². The molecule has 0 saturated heterocycles. The number of rotatable bonds is 2. The van der Waals surface area contributed by atoms with E-state index in [0.29, 0.717) is 0 Å². The number of nitrogens with zero attached hydrogens (tertiary/aromatic N) is 1. The molecule has 0 radical (unpaired) electrons. The molecule has 0 aromatic heterocycles. The Morgan fingerprint density at radius 3 is 1.86 bits per heavy atom. The van der Waals surface area contributed by atoms with Crippen LogP contribution < -0.4 is 0 Å². The molecular formula is C5H12NZr-. The van der Waals surface area contributed by atoms with Gasteiger partial charge in [0.05, 0.1) is 0 Å². The van der Waals surface area contributed by atoms with E-state index in [1.165, 1.54) is 0 Å². The molecule has 0 aliphatic rings. The van der Waals surface area contributed by atoms with E-state index < -0.39 is 0 Å². The van der Waals surface area contributed by atoms with Gasteiger partial charge in [-0.3, -0.25) is 0 Å². The van der Waals surface area contributed by atoms with Gasteiger partial charge in [-0.25, -0.2) is 0 Å². The molecule has 0 amide bonds. The summed E-state index contributed by atoms with van der Waals surface area (Å²) in [7, 11) is 4.09. The van der Waals surface area contributed by atoms with Crippen molar-refractivity contribution in [3.8, 4) is 0 Å². The molecule has 2 heteroatoms. The van der Waals surface area contributed by atoms with Crippen molar-refractivity contribution in [1.82, 2.24) is 4.90 Å². The molecule has 0 aromatic rings. The Balaban J connectivity index is 0. The number of hydrogen-bond donors (Lipinski definition) is 0. The Morgan fingerprint density at radius 2 is 1.86 bits per heavy atom. The Kier molecular flexibility index (Phi) is 10.5. The average molecular weight is 177 g/mol. The summed E-state index contributed by atoms with van der Waals surface area (Å²) >= 11 is 0. The van der Waals surface area contributed by atoms with Gasteiger partial charge < -0.3 is 11.8 Å². The van der Waals surface area contributed by atoms with Crippen LogP contribution in [0.2, 0.25) is 0 Å². The third-order valence-corrected chi connectivity index (χ3v) is 0.605. The third kappa shape index (κ3) is 10.9. The van der Waals surface area contributed by atoms with Gasteiger partial charge in [-0.15, -0.1) is 0 Å². The first kappa shape index (κ1) is 10.8. The van der Waals surface area contributed by atoms with Crippen LogP contribution in [-0.4, -0.2) is 25.5 Å². The summed E-state index contributed by atoms with van der Waals surface area (Å²) in [6.07, 6.45) is 1.01. The quantitative estimate of drug-likeness (QED) is 0.563. The zero-order valence-electron chi connectivity index (χ0n) is 5.07. The van der Waals surface area contributed by atoms with Crippen LogP contribution in [0, 0.1) is 6.92 Å². The molecular weight excluding hydrogens is 165 g/mol. The summed E-state index contributed by atoms with van der Waals surface area (Å²) in [5.74, 6) is 0. The van der Waals surface area contributed by atoms with E-state index in [1.54, 1.807) is 0 Å². The van der Waals surface area contributed by atoms with Crippen LogP contribution in [-0.2, 0) is 26.2 Å². The summed E-state index contributed by atoms with van der Waals surface area (Å²) in [6.45, 7) is 4.78. The van der Waals surface area contributed by atoms with Gasteiger partial charge in [0.15, 0.2) is 0 Å². The van der Waals surface area contributed by atoms with E-state index >= 15 is 0 Å². The molecule has 0 fully saturated rings. The van der Waals surface area contributed by atoms with E-state index in [1.807, 2.05) is 14.1 Å². The Morgan fingerprint density at radius 1 is 1.43 bits per heavy atom. The SMILES string of the molecule is [CH2-]CCN(C)C.[Zr]. The predicted octanol–water partition coefficient (Wildman–Crippen LogP) is 0.770. The minimum absolute atomic E-state index is 0. The van der Waals surface area contributed by atoms with Crippen LogP contribution in [0.15, 0.2) is 0 Å². The van der Waals surface area contributed by atoms with Crippen molar-refractivity contribution in [2.24, 2.45) is 0 Å². The fourth-order valence-corrected chi connectivity index (χ4v) is 0.316. The maximum absolute atomic E-state index is 3.68. The molecule has 0 N–H and O–H groups in total. The molecule has 42 valence electrons. The molecule has 0 saturated carbocycles. The molecule has 0 aliphatic heterocycles. The van der Waals surface area contributed by atoms with Crippen LogP contribution in [0.3, 0.4) is 0 Å². The minimum Gasteiger partial charge on any atom is -0.342 e. The monoisotopic (exact) mass is 176 g/mol. The van der Waals surface area contributed by atoms with Crippen LogP contribution in [0.4, 0.5) is 0 Å². The van der Waals surface area contributed by atoms with Gasteiger partial charge in [-0.05, 0) is 20.6 Å². The van der Waals surface area contributed by atoms with Gasteiger partial charge in [-0.1, -0.05) is 0 Å². The second-order valence-corrected chi connectivity index (χ2v) is 1.66. The zero-order valence-corrected chi connectivity index (χ0v) is 7.53. The summed E-state index contributed by atoms with van der Waals surface area (Å²) < 4.78 is 0. The molecule has 0 rings (SSSR count). The molecule has 0 aliphatic carbocycles. The molecule has 0 aromatic carbocycles. The second-order valence-electron chi connectivity index (χ2n) is 1.66. The fourth-order valence-electron chi connectivity index (χ4n) is 0.316. The van der Waals surface area contributed by atoms with E-state index in [9.17, 15) is 0 Å². The maximum atomic E-state index is 3.68. The minimum atomic E-state index is 0. The van der Waals surface area contributed by atoms with Gasteiger partial charge in [0, 0.05) is 26.2 Å². The molecule has 1 nitrogen and oxygen atoms in total. The van der Waals surface area contributed by atoms with E-state index in [2.05, 4.69) is 11.8 Å². The van der Waals surface area contributed by atoms with Crippen molar-refractivity contribution in [3.05, 3.63) is 6.92 Å². The molecule has 0 spiro atoms. The first-order valence-electron chi connectivity index (χ1n) is 2.21. The third-order valence-electron chi connectivity index (χ3n) is 0.605. The molecule has 0 atom stereocenters. The fraction of sp³-hybridized carbons (Fsp3) is 0.800. The Bertz CT molecular complexity index is 29.3. The van der Waals surface area contributed by atoms with E-state index in [-0.39, 0.29) is 26.2 Å². The summed E-state index contributed by atoms with van der Waals surface area (Å²) in [5.41, 5.74) is 0. The normalized spacial score (nSPS) is 8.57. The smallest absolute Gasteiger partial charge is 0 e. The van der Waals surface area contributed by atoms with Gasteiger partial charge in [0.1, 0.15) is 0 Å². The molecule has 0 unspecified atom stereocenters. The zero-order chi connectivity index (χ0) is 4.99. The van der Waals surface area contributed by atoms with Gasteiger partial charge in [0.25, 0.3) is 0 Å². The van der Waals surface area contributed by atoms with Gasteiger partial charge in [-0.2, -0.15) is 6.42 Å². The van der Waals surface area contributed by atoms with Crippen LogP contribution in [0.25, 0.3) is 0 Å². The predicted molar refractivity (Wildman–Crippen MR) is 28.5 cm³/mol. The summed E-state index contributed by atoms with van der Waals surface area (Å²) in [5, 5.41) is 0. The van der Waals surface area contributed by atoms with Crippen LogP contribution >= 0.6 is 0 Å². The summed E-state index contributed by atoms with van der Waals surface area (Å²) in [6, 6.07) is 0. The van der Waals surface area contributed by atoms with Crippen molar-refractivity contribution in [2.75, 3.05) is 20.6 Å². The maximum Gasteiger partial charge on any atom is 0 e. The van der Waals surface area contributed by atoms with Crippen molar-refractivity contribution in [1.29, 1.82) is 0 Å². The topological polar surface area (TPSA) is 3.24 Å². The first-order valence-corrected chi connectivity index (χ1v) is 2.21. The number of hydrogen-bond acceptors (Lipinski definition) is 1. The van der Waals surface area contributed by atoms with E-state index in [0.717, 1.165) is 13.0 Å². The van der Waals surface area contributed by atoms with Crippen molar-refractivity contribution < 1.29 is 26.2 Å². The van der Waals surface area contributed by atoms with Crippen LogP contribution in [0.1, 0.15) is 6.42 Å². The van der Waals surface area contributed by atoms with Crippen LogP contribution in [0.5, 0.6) is 0 Å². The van der Waals surface area contributed by atoms with Crippen molar-refractivity contribution in [3.63, 3.8) is 0 Å². The summed E-state index contributed by atoms with van der Waals surface area (Å²) in [4.78, 5) is 2.12. The van der Waals surface area contributed by atoms with E-state index in [4.69, 9.17) is 0 Å². The largest absolute Gasteiger partial charge is 0.342 e. The average Bonchev–Trinajstić information content (AvgIpc) is 1.35. The Labute approximate surface area is 65.2 Å². The molecule has 7 heavy (non-hydrogen) atoms. The van der Waals surface area contributed by atoms with Gasteiger partial charge in [0.2, 0.25) is 0 Å². The van der Waals surface area contributed by atoms with Gasteiger partial charge >= 0.3 is 0 Å². The standard InChI is InChI=1S/C5H12N.Zr/c1-4-5-6(2)3;/h1,4-5H2,2-3H3;/q-1;. The molecule has 0 heterocycles.